The maximum Gasteiger partial charge on any atom is 0.342 e. The second-order valence-electron chi connectivity index (χ2n) is 10.6. The fraction of sp³-hybridized carbons (Fsp3) is 0.531. The molecule has 2 rings (SSSR count). The number of aryl methyl sites for hydroxylation is 1. The number of unbranched alkanes of at least 4 members (excludes halogenated alkanes) is 2. The van der Waals surface area contributed by atoms with Crippen LogP contribution in [0.4, 0.5) is 0 Å². The number of allylic oxidation sites excluding steroid dienone is 6. The maximum absolute atomic E-state index is 13.3. The first kappa shape index (κ1) is 29.5. The molecule has 36 heavy (non-hydrogen) atoms. The summed E-state index contributed by atoms with van der Waals surface area (Å²) in [5.74, 6) is -0.806. The summed E-state index contributed by atoms with van der Waals surface area (Å²) in [5, 5.41) is 22.5. The summed E-state index contributed by atoms with van der Waals surface area (Å²) in [6.07, 6.45) is 13.5. The van der Waals surface area contributed by atoms with E-state index < -0.39 is 5.97 Å². The van der Waals surface area contributed by atoms with E-state index in [9.17, 15) is 15.0 Å². The van der Waals surface area contributed by atoms with Crippen molar-refractivity contribution in [2.45, 2.75) is 98.8 Å². The standard InChI is InChI=1S/C32H46O4/c1-8-9-10-14-25-20-28(33)30(27-19-24(7)15-16-26(27)22(4)5)31(34)29(25)32(35)36-18-17-23(6)13-11-12-21(2)3/h12,17,19-20,26-27,33-34H,4,8-11,13-16,18H2,1-3,5-7H3. The highest BCUT2D eigenvalue weighted by Gasteiger charge is 2.33. The molecular formula is C32H46O4. The molecule has 0 fully saturated rings. The van der Waals surface area contributed by atoms with E-state index in [0.717, 1.165) is 56.1 Å². The lowest BCUT2D eigenvalue weighted by molar-refractivity contribution is 0.0544. The average Bonchev–Trinajstić information content (AvgIpc) is 2.78. The minimum Gasteiger partial charge on any atom is -0.507 e. The smallest absolute Gasteiger partial charge is 0.342 e. The van der Waals surface area contributed by atoms with E-state index in [1.54, 1.807) is 6.07 Å². The van der Waals surface area contributed by atoms with Gasteiger partial charge >= 0.3 is 5.97 Å². The van der Waals surface area contributed by atoms with Crippen molar-refractivity contribution in [3.8, 4) is 11.5 Å². The van der Waals surface area contributed by atoms with Crippen LogP contribution in [-0.2, 0) is 11.2 Å². The molecule has 1 aliphatic carbocycles. The van der Waals surface area contributed by atoms with Gasteiger partial charge in [0, 0.05) is 11.5 Å². The normalized spacial score (nSPS) is 17.9. The van der Waals surface area contributed by atoms with Gasteiger partial charge in [-0.2, -0.15) is 0 Å². The SMILES string of the molecule is C=C(C)C1CCC(C)=CC1c1c(O)cc(CCCCC)c(C(=O)OCC=C(C)CCC=C(C)C)c1O. The van der Waals surface area contributed by atoms with Crippen molar-refractivity contribution in [2.75, 3.05) is 6.61 Å². The number of carbonyl (C=O) groups excluding carboxylic acids is 1. The lowest BCUT2D eigenvalue weighted by Crippen LogP contribution is -2.19. The van der Waals surface area contributed by atoms with Crippen molar-refractivity contribution in [3.05, 3.63) is 69.9 Å². The van der Waals surface area contributed by atoms with Crippen LogP contribution in [-0.4, -0.2) is 22.8 Å². The molecule has 1 aromatic carbocycles. The first-order valence-corrected chi connectivity index (χ1v) is 13.4. The third-order valence-electron chi connectivity index (χ3n) is 7.10. The van der Waals surface area contributed by atoms with Crippen LogP contribution in [0.1, 0.15) is 114 Å². The Morgan fingerprint density at radius 1 is 1.17 bits per heavy atom. The maximum atomic E-state index is 13.3. The van der Waals surface area contributed by atoms with E-state index in [1.807, 2.05) is 19.9 Å². The Balaban J connectivity index is 2.40. The molecule has 0 bridgehead atoms. The number of ether oxygens (including phenoxy) is 1. The van der Waals surface area contributed by atoms with Crippen LogP contribution in [0.3, 0.4) is 0 Å². The number of esters is 1. The molecule has 2 atom stereocenters. The summed E-state index contributed by atoms with van der Waals surface area (Å²) >= 11 is 0. The summed E-state index contributed by atoms with van der Waals surface area (Å²) in [4.78, 5) is 13.3. The summed E-state index contributed by atoms with van der Waals surface area (Å²) in [7, 11) is 0. The molecule has 2 N–H and O–H groups in total. The fourth-order valence-electron chi connectivity index (χ4n) is 4.97. The van der Waals surface area contributed by atoms with Crippen molar-refractivity contribution >= 4 is 5.97 Å². The Morgan fingerprint density at radius 2 is 1.89 bits per heavy atom. The van der Waals surface area contributed by atoms with Crippen molar-refractivity contribution < 1.29 is 19.7 Å². The molecular weight excluding hydrogens is 448 g/mol. The second kappa shape index (κ2) is 14.1. The Morgan fingerprint density at radius 3 is 2.53 bits per heavy atom. The second-order valence-corrected chi connectivity index (χ2v) is 10.6. The molecule has 1 aliphatic rings. The van der Waals surface area contributed by atoms with Crippen molar-refractivity contribution in [2.24, 2.45) is 5.92 Å². The van der Waals surface area contributed by atoms with E-state index in [2.05, 4.69) is 46.4 Å². The van der Waals surface area contributed by atoms with Crippen molar-refractivity contribution in [1.29, 1.82) is 0 Å². The molecule has 1 aromatic rings. The predicted molar refractivity (Wildman–Crippen MR) is 150 cm³/mol. The zero-order chi connectivity index (χ0) is 26.8. The number of phenols is 2. The Bertz CT molecular complexity index is 1020. The first-order chi connectivity index (χ1) is 17.1. The fourth-order valence-corrected chi connectivity index (χ4v) is 4.97. The average molecular weight is 495 g/mol. The topological polar surface area (TPSA) is 66.8 Å². The lowest BCUT2D eigenvalue weighted by atomic mass is 9.73. The Kier molecular flexibility index (Phi) is 11.6. The zero-order valence-electron chi connectivity index (χ0n) is 23.2. The number of carbonyl (C=O) groups is 1. The number of hydrogen-bond acceptors (Lipinski definition) is 4. The van der Waals surface area contributed by atoms with Crippen LogP contribution < -0.4 is 0 Å². The van der Waals surface area contributed by atoms with Gasteiger partial charge in [-0.25, -0.2) is 4.79 Å². The number of benzene rings is 1. The van der Waals surface area contributed by atoms with Gasteiger partial charge in [0.25, 0.3) is 0 Å². The van der Waals surface area contributed by atoms with Crippen molar-refractivity contribution in [1.82, 2.24) is 0 Å². The molecule has 198 valence electrons. The Labute approximate surface area is 218 Å². The van der Waals surface area contributed by atoms with Gasteiger partial charge in [-0.1, -0.05) is 60.8 Å². The molecule has 0 aromatic heterocycles. The van der Waals surface area contributed by atoms with Gasteiger partial charge in [-0.15, -0.1) is 0 Å². The first-order valence-electron chi connectivity index (χ1n) is 13.4. The summed E-state index contributed by atoms with van der Waals surface area (Å²) in [6.45, 7) is 16.7. The minimum atomic E-state index is -0.544. The van der Waals surface area contributed by atoms with Crippen LogP contribution in [0.25, 0.3) is 0 Å². The molecule has 0 aliphatic heterocycles. The summed E-state index contributed by atoms with van der Waals surface area (Å²) < 4.78 is 5.63. The van der Waals surface area contributed by atoms with Gasteiger partial charge in [0.2, 0.25) is 0 Å². The third kappa shape index (κ3) is 8.15. The number of aromatic hydroxyl groups is 2. The largest absolute Gasteiger partial charge is 0.507 e. The van der Waals surface area contributed by atoms with E-state index in [-0.39, 0.29) is 35.5 Å². The molecule has 4 nitrogen and oxygen atoms in total. The molecule has 0 radical (unpaired) electrons. The third-order valence-corrected chi connectivity index (χ3v) is 7.10. The highest BCUT2D eigenvalue weighted by atomic mass is 16.5. The minimum absolute atomic E-state index is 0.0350. The summed E-state index contributed by atoms with van der Waals surface area (Å²) in [5.41, 5.74) is 5.90. The van der Waals surface area contributed by atoms with E-state index in [1.165, 1.54) is 11.1 Å². The molecule has 0 heterocycles. The zero-order valence-corrected chi connectivity index (χ0v) is 23.2. The van der Waals surface area contributed by atoms with E-state index in [0.29, 0.717) is 17.5 Å². The van der Waals surface area contributed by atoms with Crippen LogP contribution in [0.5, 0.6) is 11.5 Å². The van der Waals surface area contributed by atoms with Gasteiger partial charge in [-0.05, 0) is 96.8 Å². The van der Waals surface area contributed by atoms with Crippen LogP contribution >= 0.6 is 0 Å². The number of phenolic OH excluding ortho intramolecular Hbond substituents is 2. The molecule has 2 unspecified atom stereocenters. The highest BCUT2D eigenvalue weighted by molar-refractivity contribution is 5.95. The Hall–Kier alpha value is -2.75. The summed E-state index contributed by atoms with van der Waals surface area (Å²) in [6, 6.07) is 1.66. The molecule has 0 saturated heterocycles. The van der Waals surface area contributed by atoms with Gasteiger partial charge in [0.05, 0.1) is 0 Å². The number of hydrogen-bond donors (Lipinski definition) is 2. The monoisotopic (exact) mass is 494 g/mol. The molecule has 4 heteroatoms. The quantitative estimate of drug-likeness (QED) is 0.173. The van der Waals surface area contributed by atoms with Crippen LogP contribution in [0.2, 0.25) is 0 Å². The molecule has 0 amide bonds. The van der Waals surface area contributed by atoms with Gasteiger partial charge < -0.3 is 14.9 Å². The van der Waals surface area contributed by atoms with E-state index in [4.69, 9.17) is 4.74 Å². The van der Waals surface area contributed by atoms with Gasteiger partial charge in [-0.3, -0.25) is 0 Å². The number of rotatable bonds is 12. The van der Waals surface area contributed by atoms with E-state index >= 15 is 0 Å². The predicted octanol–water partition coefficient (Wildman–Crippen LogP) is 8.70. The highest BCUT2D eigenvalue weighted by Crippen LogP contribution is 2.48. The molecule has 0 spiro atoms. The lowest BCUT2D eigenvalue weighted by Gasteiger charge is -2.32. The van der Waals surface area contributed by atoms with Crippen molar-refractivity contribution in [3.63, 3.8) is 0 Å². The van der Waals surface area contributed by atoms with Gasteiger partial charge in [0.15, 0.2) is 0 Å². The van der Waals surface area contributed by atoms with Crippen LogP contribution in [0, 0.1) is 5.92 Å². The van der Waals surface area contributed by atoms with Gasteiger partial charge in [0.1, 0.15) is 23.7 Å². The van der Waals surface area contributed by atoms with Crippen LogP contribution in [0.15, 0.2) is 53.2 Å². The molecule has 0 saturated carbocycles.